The summed E-state index contributed by atoms with van der Waals surface area (Å²) in [6, 6.07) is 19.6. The average molecular weight is 533 g/mol. The topological polar surface area (TPSA) is 72.2 Å². The summed E-state index contributed by atoms with van der Waals surface area (Å²) in [6.07, 6.45) is 0. The molecule has 2 heterocycles. The third kappa shape index (κ3) is 4.99. The number of carbonyl (C=O) groups is 1. The van der Waals surface area contributed by atoms with Gasteiger partial charge in [0.25, 0.3) is 5.91 Å². The van der Waals surface area contributed by atoms with Crippen molar-refractivity contribution in [2.24, 2.45) is 0 Å². The summed E-state index contributed by atoms with van der Waals surface area (Å²) in [4.78, 5) is 31.0. The molecule has 0 N–H and O–H groups in total. The van der Waals surface area contributed by atoms with Gasteiger partial charge in [0.2, 0.25) is 5.76 Å². The number of ether oxygens (including phenoxy) is 2. The molecule has 8 heteroatoms. The zero-order valence-electron chi connectivity index (χ0n) is 21.6. The molecule has 0 saturated heterocycles. The summed E-state index contributed by atoms with van der Waals surface area (Å²) in [5, 5.41) is 0.769. The Balaban J connectivity index is 1.60. The molecule has 7 nitrogen and oxygen atoms in total. The van der Waals surface area contributed by atoms with E-state index in [0.717, 1.165) is 11.1 Å². The van der Waals surface area contributed by atoms with Crippen molar-refractivity contribution >= 4 is 28.5 Å². The highest BCUT2D eigenvalue weighted by molar-refractivity contribution is 6.31. The Hall–Kier alpha value is -3.81. The molecule has 3 aromatic carbocycles. The fourth-order valence-corrected chi connectivity index (χ4v) is 4.87. The highest BCUT2D eigenvalue weighted by Gasteiger charge is 2.42. The normalized spacial score (nSPS) is 14.8. The molecule has 0 bridgehead atoms. The van der Waals surface area contributed by atoms with Gasteiger partial charge in [-0.15, -0.1) is 0 Å². The molecular formula is C30H29ClN2O5. The fourth-order valence-electron chi connectivity index (χ4n) is 4.70. The van der Waals surface area contributed by atoms with Crippen molar-refractivity contribution in [1.29, 1.82) is 0 Å². The smallest absolute Gasteiger partial charge is 0.290 e. The first-order valence-electron chi connectivity index (χ1n) is 12.5. The van der Waals surface area contributed by atoms with Crippen molar-refractivity contribution in [3.63, 3.8) is 0 Å². The van der Waals surface area contributed by atoms with Crippen molar-refractivity contribution in [2.45, 2.75) is 19.6 Å². The Morgan fingerprint density at radius 2 is 1.76 bits per heavy atom. The first-order valence-corrected chi connectivity index (χ1v) is 12.9. The molecule has 0 saturated carbocycles. The molecule has 0 aliphatic carbocycles. The largest absolute Gasteiger partial charge is 0.490 e. The van der Waals surface area contributed by atoms with E-state index in [9.17, 15) is 9.59 Å². The average Bonchev–Trinajstić information content (AvgIpc) is 3.19. The molecule has 1 amide bonds. The van der Waals surface area contributed by atoms with E-state index in [0.29, 0.717) is 59.4 Å². The van der Waals surface area contributed by atoms with Gasteiger partial charge in [-0.25, -0.2) is 0 Å². The lowest BCUT2D eigenvalue weighted by Gasteiger charge is -2.27. The van der Waals surface area contributed by atoms with Gasteiger partial charge >= 0.3 is 0 Å². The second kappa shape index (κ2) is 10.9. The number of amides is 1. The SMILES string of the molecule is CCOc1cc([C@@H]2c3c(oc4ccc(Cl)cc4c3=O)C(=O)N2CCN(C)C)ccc1OCc1ccccc1. The Morgan fingerprint density at radius 1 is 0.974 bits per heavy atom. The van der Waals surface area contributed by atoms with Crippen LogP contribution in [0.5, 0.6) is 11.5 Å². The zero-order valence-corrected chi connectivity index (χ0v) is 22.3. The first-order chi connectivity index (χ1) is 18.4. The highest BCUT2D eigenvalue weighted by Crippen LogP contribution is 2.41. The maximum absolute atomic E-state index is 13.8. The van der Waals surface area contributed by atoms with E-state index in [-0.39, 0.29) is 17.1 Å². The lowest BCUT2D eigenvalue weighted by atomic mass is 9.98. The lowest BCUT2D eigenvalue weighted by Crippen LogP contribution is -2.35. The summed E-state index contributed by atoms with van der Waals surface area (Å²) in [7, 11) is 3.88. The van der Waals surface area contributed by atoms with Gasteiger partial charge < -0.3 is 23.7 Å². The molecule has 196 valence electrons. The van der Waals surface area contributed by atoms with E-state index in [2.05, 4.69) is 0 Å². The van der Waals surface area contributed by atoms with Gasteiger partial charge in [0, 0.05) is 18.1 Å². The van der Waals surface area contributed by atoms with E-state index in [4.69, 9.17) is 25.5 Å². The molecule has 5 rings (SSSR count). The van der Waals surface area contributed by atoms with Crippen LogP contribution in [0.2, 0.25) is 5.02 Å². The molecule has 0 radical (unpaired) electrons. The Bertz CT molecular complexity index is 1530. The number of nitrogens with zero attached hydrogens (tertiary/aromatic N) is 2. The minimum absolute atomic E-state index is 0.0657. The van der Waals surface area contributed by atoms with Gasteiger partial charge in [0.15, 0.2) is 16.9 Å². The van der Waals surface area contributed by atoms with E-state index in [1.807, 2.05) is 74.4 Å². The van der Waals surface area contributed by atoms with Crippen molar-refractivity contribution in [3.8, 4) is 11.5 Å². The number of benzene rings is 3. The zero-order chi connectivity index (χ0) is 26.8. The van der Waals surface area contributed by atoms with Crippen LogP contribution in [0.4, 0.5) is 0 Å². The lowest BCUT2D eigenvalue weighted by molar-refractivity contribution is 0.0716. The van der Waals surface area contributed by atoms with Gasteiger partial charge in [0.05, 0.1) is 23.6 Å². The second-order valence-corrected chi connectivity index (χ2v) is 9.87. The second-order valence-electron chi connectivity index (χ2n) is 9.43. The van der Waals surface area contributed by atoms with Gasteiger partial charge in [0.1, 0.15) is 12.2 Å². The van der Waals surface area contributed by atoms with Crippen LogP contribution in [0.25, 0.3) is 11.0 Å². The number of halogens is 1. The quantitative estimate of drug-likeness (QED) is 0.282. The van der Waals surface area contributed by atoms with Gasteiger partial charge in [-0.05, 0) is 62.5 Å². The van der Waals surface area contributed by atoms with Crippen LogP contribution in [0, 0.1) is 0 Å². The number of fused-ring (bicyclic) bond motifs is 2. The van der Waals surface area contributed by atoms with Crippen molar-refractivity contribution < 1.29 is 18.7 Å². The number of rotatable bonds is 9. The van der Waals surface area contributed by atoms with Crippen LogP contribution in [-0.4, -0.2) is 49.5 Å². The minimum Gasteiger partial charge on any atom is -0.490 e. The fraction of sp³-hybridized carbons (Fsp3) is 0.267. The molecule has 1 aromatic heterocycles. The number of likely N-dealkylation sites (N-methyl/N-ethyl adjacent to an activating group) is 1. The molecule has 1 aliphatic heterocycles. The predicted molar refractivity (Wildman–Crippen MR) is 147 cm³/mol. The molecule has 0 unspecified atom stereocenters. The van der Waals surface area contributed by atoms with Crippen LogP contribution in [-0.2, 0) is 6.61 Å². The summed E-state index contributed by atoms with van der Waals surface area (Å²) >= 11 is 6.19. The highest BCUT2D eigenvalue weighted by atomic mass is 35.5. The minimum atomic E-state index is -0.639. The van der Waals surface area contributed by atoms with Crippen LogP contribution in [0.3, 0.4) is 0 Å². The summed E-state index contributed by atoms with van der Waals surface area (Å²) in [6.45, 7) is 3.74. The Morgan fingerprint density at radius 3 is 2.50 bits per heavy atom. The van der Waals surface area contributed by atoms with E-state index < -0.39 is 6.04 Å². The van der Waals surface area contributed by atoms with Gasteiger partial charge in [-0.3, -0.25) is 9.59 Å². The van der Waals surface area contributed by atoms with Crippen LogP contribution >= 0.6 is 11.6 Å². The molecule has 1 aliphatic rings. The molecule has 1 atom stereocenters. The van der Waals surface area contributed by atoms with Crippen molar-refractivity contribution in [2.75, 3.05) is 33.8 Å². The van der Waals surface area contributed by atoms with Crippen LogP contribution < -0.4 is 14.9 Å². The standard InChI is InChI=1S/C30H29ClN2O5/c1-4-36-25-16-20(10-12-24(25)37-18-19-8-6-5-7-9-19)27-26-28(34)22-17-21(31)11-13-23(22)38-29(26)30(35)33(27)15-14-32(2)3/h5-13,16-17,27H,4,14-15,18H2,1-3H3/t27-/m1/s1. The molecule has 0 fully saturated rings. The van der Waals surface area contributed by atoms with E-state index in [1.54, 1.807) is 23.1 Å². The molecule has 0 spiro atoms. The third-order valence-electron chi connectivity index (χ3n) is 6.54. The molecule has 38 heavy (non-hydrogen) atoms. The molecular weight excluding hydrogens is 504 g/mol. The Labute approximate surface area is 226 Å². The van der Waals surface area contributed by atoms with Crippen molar-refractivity contribution in [3.05, 3.63) is 104 Å². The van der Waals surface area contributed by atoms with Crippen molar-refractivity contribution in [1.82, 2.24) is 9.80 Å². The first kappa shape index (κ1) is 25.8. The summed E-state index contributed by atoms with van der Waals surface area (Å²) in [5.74, 6) is 0.878. The third-order valence-corrected chi connectivity index (χ3v) is 6.77. The van der Waals surface area contributed by atoms with Gasteiger partial charge in [-0.1, -0.05) is 48.0 Å². The Kier molecular flexibility index (Phi) is 7.40. The van der Waals surface area contributed by atoms with Crippen LogP contribution in [0.1, 0.15) is 40.2 Å². The number of carbonyl (C=O) groups excluding carboxylic acids is 1. The maximum Gasteiger partial charge on any atom is 0.290 e. The monoisotopic (exact) mass is 532 g/mol. The molecule has 4 aromatic rings. The van der Waals surface area contributed by atoms with Gasteiger partial charge in [-0.2, -0.15) is 0 Å². The van der Waals surface area contributed by atoms with Crippen LogP contribution in [0.15, 0.2) is 75.9 Å². The number of hydrogen-bond donors (Lipinski definition) is 0. The number of hydrogen-bond acceptors (Lipinski definition) is 6. The van der Waals surface area contributed by atoms with E-state index >= 15 is 0 Å². The maximum atomic E-state index is 13.8. The summed E-state index contributed by atoms with van der Waals surface area (Å²) in [5.41, 5.74) is 2.15. The predicted octanol–water partition coefficient (Wildman–Crippen LogP) is 5.53. The summed E-state index contributed by atoms with van der Waals surface area (Å²) < 4.78 is 18.0. The van der Waals surface area contributed by atoms with E-state index in [1.165, 1.54) is 0 Å².